The molecule has 0 saturated carbocycles. The van der Waals surface area contributed by atoms with Crippen LogP contribution in [-0.2, 0) is 19.2 Å². The van der Waals surface area contributed by atoms with Gasteiger partial charge in [0.05, 0.1) is 6.42 Å². The summed E-state index contributed by atoms with van der Waals surface area (Å²) in [6.07, 6.45) is 0.153. The van der Waals surface area contributed by atoms with Crippen LogP contribution in [0.4, 0.5) is 0 Å². The molecule has 14 heavy (non-hydrogen) atoms. The van der Waals surface area contributed by atoms with Crippen LogP contribution in [0.2, 0.25) is 0 Å². The Bertz CT molecular complexity index is 281. The highest BCUT2D eigenvalue weighted by Crippen LogP contribution is 2.27. The summed E-state index contributed by atoms with van der Waals surface area (Å²) in [6, 6.07) is 0. The van der Waals surface area contributed by atoms with Crippen LogP contribution in [0.15, 0.2) is 0 Å². The van der Waals surface area contributed by atoms with Crippen LogP contribution in [0.25, 0.3) is 0 Å². The van der Waals surface area contributed by atoms with E-state index in [1.165, 1.54) is 0 Å². The summed E-state index contributed by atoms with van der Waals surface area (Å²) in [6.45, 7) is 1.58. The Hall–Kier alpha value is -0.690. The molecule has 0 aliphatic carbocycles. The van der Waals surface area contributed by atoms with Crippen molar-refractivity contribution >= 4 is 40.2 Å². The first-order valence-electron chi connectivity index (χ1n) is 3.98. The monoisotopic (exact) mass is 235 g/mol. The molecule has 0 aromatic rings. The van der Waals surface area contributed by atoms with Crippen LogP contribution in [0.1, 0.15) is 19.8 Å². The fourth-order valence-electron chi connectivity index (χ4n) is 0.927. The van der Waals surface area contributed by atoms with E-state index in [2.05, 4.69) is 16.5 Å². The molecule has 1 aliphatic heterocycles. The molecule has 0 aromatic heterocycles. The van der Waals surface area contributed by atoms with Crippen molar-refractivity contribution in [1.82, 2.24) is 5.06 Å². The van der Waals surface area contributed by atoms with Crippen molar-refractivity contribution in [3.05, 3.63) is 0 Å². The van der Waals surface area contributed by atoms with E-state index < -0.39 is 23.0 Å². The lowest BCUT2D eigenvalue weighted by Crippen LogP contribution is -2.33. The van der Waals surface area contributed by atoms with Crippen LogP contribution in [-0.4, -0.2) is 28.1 Å². The zero-order valence-corrected chi connectivity index (χ0v) is 9.14. The van der Waals surface area contributed by atoms with Gasteiger partial charge in [-0.25, -0.2) is 4.79 Å². The highest BCUT2D eigenvalue weighted by Gasteiger charge is 2.41. The molecule has 0 aromatic carbocycles. The Morgan fingerprint density at radius 3 is 2.79 bits per heavy atom. The maximum absolute atomic E-state index is 11.4. The first-order valence-corrected chi connectivity index (χ1v) is 5.91. The van der Waals surface area contributed by atoms with Crippen LogP contribution < -0.4 is 0 Å². The van der Waals surface area contributed by atoms with Crippen molar-refractivity contribution in [2.45, 2.75) is 25.0 Å². The van der Waals surface area contributed by atoms with Crippen LogP contribution >= 0.6 is 22.5 Å². The molecule has 1 unspecified atom stereocenters. The number of rotatable bonds is 3. The molecule has 1 fully saturated rings. The van der Waals surface area contributed by atoms with Gasteiger partial charge in [0.25, 0.3) is 11.8 Å². The second kappa shape index (κ2) is 4.70. The third kappa shape index (κ3) is 2.21. The van der Waals surface area contributed by atoms with Gasteiger partial charge in [-0.3, -0.25) is 9.59 Å². The van der Waals surface area contributed by atoms with E-state index in [1.54, 1.807) is 6.92 Å². The number of carbonyl (C=O) groups excluding carboxylic acids is 3. The Balaban J connectivity index is 2.65. The number of nitrogens with zero attached hydrogens (tertiary/aromatic N) is 1. The van der Waals surface area contributed by atoms with E-state index in [4.69, 9.17) is 0 Å². The van der Waals surface area contributed by atoms with Gasteiger partial charge in [0, 0.05) is 6.42 Å². The molecule has 7 heteroatoms. The lowest BCUT2D eigenvalue weighted by Gasteiger charge is -2.12. The SMILES string of the molecule is CCC(=O)ON1C(=O)CC(SS)C1=O. The van der Waals surface area contributed by atoms with Crippen LogP contribution in [0.5, 0.6) is 0 Å². The lowest BCUT2D eigenvalue weighted by atomic mass is 10.4. The fraction of sp³-hybridized carbons (Fsp3) is 0.571. The summed E-state index contributed by atoms with van der Waals surface area (Å²) in [7, 11) is 0.974. The molecule has 0 bridgehead atoms. The first kappa shape index (κ1) is 11.4. The molecule has 1 aliphatic rings. The first-order chi connectivity index (χ1) is 6.60. The smallest absolute Gasteiger partial charge is 0.330 e. The van der Waals surface area contributed by atoms with Gasteiger partial charge in [0.2, 0.25) is 0 Å². The highest BCUT2D eigenvalue weighted by molar-refractivity contribution is 8.69. The summed E-state index contributed by atoms with van der Waals surface area (Å²) < 4.78 is 0. The molecule has 1 rings (SSSR count). The molecule has 1 saturated heterocycles. The van der Waals surface area contributed by atoms with E-state index in [1.807, 2.05) is 0 Å². The average molecular weight is 235 g/mol. The van der Waals surface area contributed by atoms with Crippen molar-refractivity contribution in [2.75, 3.05) is 0 Å². The summed E-state index contributed by atoms with van der Waals surface area (Å²) in [5.74, 6) is -1.61. The fourth-order valence-corrected chi connectivity index (χ4v) is 1.82. The number of imide groups is 1. The van der Waals surface area contributed by atoms with Gasteiger partial charge in [-0.2, -0.15) is 0 Å². The van der Waals surface area contributed by atoms with Gasteiger partial charge in [-0.15, -0.1) is 16.7 Å². The Morgan fingerprint density at radius 1 is 1.71 bits per heavy atom. The molecule has 2 amide bonds. The number of amides is 2. The van der Waals surface area contributed by atoms with E-state index in [9.17, 15) is 14.4 Å². The summed E-state index contributed by atoms with van der Waals surface area (Å²) in [4.78, 5) is 38.0. The van der Waals surface area contributed by atoms with Crippen LogP contribution in [0.3, 0.4) is 0 Å². The number of hydrogen-bond acceptors (Lipinski definition) is 6. The number of hydroxylamine groups is 2. The zero-order chi connectivity index (χ0) is 10.7. The van der Waals surface area contributed by atoms with Gasteiger partial charge >= 0.3 is 5.97 Å². The predicted molar refractivity (Wildman–Crippen MR) is 53.2 cm³/mol. The van der Waals surface area contributed by atoms with E-state index in [0.717, 1.165) is 10.8 Å². The van der Waals surface area contributed by atoms with Crippen molar-refractivity contribution < 1.29 is 19.2 Å². The van der Waals surface area contributed by atoms with Gasteiger partial charge in [-0.1, -0.05) is 17.7 Å². The molecule has 1 heterocycles. The topological polar surface area (TPSA) is 63.7 Å². The molecule has 0 N–H and O–H groups in total. The Labute approximate surface area is 89.9 Å². The largest absolute Gasteiger partial charge is 0.332 e. The summed E-state index contributed by atoms with van der Waals surface area (Å²) >= 11 is 3.85. The maximum Gasteiger partial charge on any atom is 0.332 e. The average Bonchev–Trinajstić information content (AvgIpc) is 2.44. The molecule has 0 radical (unpaired) electrons. The van der Waals surface area contributed by atoms with Gasteiger partial charge in [0.15, 0.2) is 0 Å². The van der Waals surface area contributed by atoms with Gasteiger partial charge in [0.1, 0.15) is 5.25 Å². The van der Waals surface area contributed by atoms with E-state index >= 15 is 0 Å². The van der Waals surface area contributed by atoms with Gasteiger partial charge < -0.3 is 4.84 Å². The lowest BCUT2D eigenvalue weighted by molar-refractivity contribution is -0.197. The molecular formula is C7H9NO4S2. The molecule has 5 nitrogen and oxygen atoms in total. The quantitative estimate of drug-likeness (QED) is 0.440. The van der Waals surface area contributed by atoms with Crippen molar-refractivity contribution in [3.63, 3.8) is 0 Å². The third-order valence-electron chi connectivity index (χ3n) is 1.67. The highest BCUT2D eigenvalue weighted by atomic mass is 33.1. The van der Waals surface area contributed by atoms with Crippen molar-refractivity contribution in [3.8, 4) is 0 Å². The summed E-state index contributed by atoms with van der Waals surface area (Å²) in [5, 5.41) is -0.0183. The van der Waals surface area contributed by atoms with Crippen molar-refractivity contribution in [2.24, 2.45) is 0 Å². The standard InChI is InChI=1S/C7H9NO4S2/c1-2-6(10)12-8-5(9)3-4(14-13)7(8)11/h4,13H,2-3H2,1H3. The number of hydrogen-bond donors (Lipinski definition) is 1. The Kier molecular flexibility index (Phi) is 3.82. The molecule has 0 spiro atoms. The molecule has 1 atom stereocenters. The predicted octanol–water partition coefficient (Wildman–Crippen LogP) is 0.560. The second-order valence-electron chi connectivity index (χ2n) is 2.64. The minimum Gasteiger partial charge on any atom is -0.330 e. The van der Waals surface area contributed by atoms with E-state index in [-0.39, 0.29) is 12.8 Å². The molecular weight excluding hydrogens is 226 g/mol. The minimum atomic E-state index is -0.600. The second-order valence-corrected chi connectivity index (χ2v) is 4.05. The van der Waals surface area contributed by atoms with Crippen LogP contribution in [0, 0.1) is 0 Å². The zero-order valence-electron chi connectivity index (χ0n) is 7.43. The summed E-state index contributed by atoms with van der Waals surface area (Å²) in [5.41, 5.74) is 0. The minimum absolute atomic E-state index is 0.0317. The maximum atomic E-state index is 11.4. The Morgan fingerprint density at radius 2 is 2.36 bits per heavy atom. The normalized spacial score (nSPS) is 21.6. The van der Waals surface area contributed by atoms with Crippen molar-refractivity contribution in [1.29, 1.82) is 0 Å². The van der Waals surface area contributed by atoms with Gasteiger partial charge in [-0.05, 0) is 0 Å². The van der Waals surface area contributed by atoms with E-state index in [0.29, 0.717) is 5.06 Å². The molecule has 78 valence electrons. The number of thiol groups is 1. The third-order valence-corrected chi connectivity index (χ3v) is 3.06. The number of carbonyl (C=O) groups is 3.